The molecule has 0 saturated heterocycles. The third-order valence-electron chi connectivity index (χ3n) is 3.28. The summed E-state index contributed by atoms with van der Waals surface area (Å²) in [5.41, 5.74) is 4.68. The highest BCUT2D eigenvalue weighted by molar-refractivity contribution is 7.89. The zero-order valence-corrected chi connectivity index (χ0v) is 13.0. The van der Waals surface area contributed by atoms with Gasteiger partial charge in [0.05, 0.1) is 0 Å². The van der Waals surface area contributed by atoms with E-state index >= 15 is 0 Å². The maximum atomic E-state index is 13.5. The summed E-state index contributed by atoms with van der Waals surface area (Å²) in [7, 11) is -4.30. The highest BCUT2D eigenvalue weighted by Crippen LogP contribution is 2.22. The van der Waals surface area contributed by atoms with E-state index in [-0.39, 0.29) is 19.0 Å². The molecule has 3 N–H and O–H groups in total. The zero-order chi connectivity index (χ0) is 14.7. The van der Waals surface area contributed by atoms with Crippen molar-refractivity contribution < 1.29 is 17.2 Å². The summed E-state index contributed by atoms with van der Waals surface area (Å²) in [6.07, 6.45) is 0.852. The third-order valence-corrected chi connectivity index (χ3v) is 4.91. The Kier molecular flexibility index (Phi) is 7.03. The molecule has 0 heterocycles. The summed E-state index contributed by atoms with van der Waals surface area (Å²) >= 11 is 0. The smallest absolute Gasteiger partial charge is 0.246 e. The van der Waals surface area contributed by atoms with Gasteiger partial charge in [0, 0.05) is 12.1 Å². The molecule has 20 heavy (non-hydrogen) atoms. The van der Waals surface area contributed by atoms with Crippen LogP contribution in [0.15, 0.2) is 23.1 Å². The van der Waals surface area contributed by atoms with E-state index in [9.17, 15) is 17.2 Å². The molecule has 116 valence electrons. The van der Waals surface area contributed by atoms with Gasteiger partial charge in [-0.3, -0.25) is 0 Å². The van der Waals surface area contributed by atoms with Crippen molar-refractivity contribution in [2.24, 2.45) is 5.73 Å². The van der Waals surface area contributed by atoms with Crippen LogP contribution in [0.25, 0.3) is 0 Å². The lowest BCUT2D eigenvalue weighted by atomic mass is 9.95. The van der Waals surface area contributed by atoms with Crippen LogP contribution in [0, 0.1) is 11.6 Å². The predicted molar refractivity (Wildman–Crippen MR) is 76.3 cm³/mol. The number of halogens is 3. The molecule has 0 unspecified atom stereocenters. The van der Waals surface area contributed by atoms with Gasteiger partial charge >= 0.3 is 0 Å². The van der Waals surface area contributed by atoms with Crippen molar-refractivity contribution in [1.29, 1.82) is 0 Å². The van der Waals surface area contributed by atoms with E-state index in [2.05, 4.69) is 4.72 Å². The average molecular weight is 329 g/mol. The van der Waals surface area contributed by atoms with E-state index in [4.69, 9.17) is 5.73 Å². The fraction of sp³-hybridized carbons (Fsp3) is 0.500. The highest BCUT2D eigenvalue weighted by atomic mass is 35.5. The van der Waals surface area contributed by atoms with E-state index < -0.39 is 32.1 Å². The first-order valence-corrected chi connectivity index (χ1v) is 7.48. The van der Waals surface area contributed by atoms with Crippen LogP contribution in [0.4, 0.5) is 8.78 Å². The predicted octanol–water partition coefficient (Wildman–Crippen LogP) is 2.18. The zero-order valence-electron chi connectivity index (χ0n) is 11.3. The van der Waals surface area contributed by atoms with Gasteiger partial charge in [-0.1, -0.05) is 19.9 Å². The van der Waals surface area contributed by atoms with Crippen LogP contribution >= 0.6 is 12.4 Å². The van der Waals surface area contributed by atoms with E-state index in [1.807, 2.05) is 0 Å². The Morgan fingerprint density at radius 3 is 2.00 bits per heavy atom. The Bertz CT molecular complexity index is 520. The normalized spacial score (nSPS) is 12.1. The molecule has 0 aromatic heterocycles. The molecule has 0 atom stereocenters. The Balaban J connectivity index is 0.00000361. The molecule has 0 spiro atoms. The molecule has 0 aliphatic rings. The maximum Gasteiger partial charge on any atom is 0.246 e. The number of benzene rings is 1. The van der Waals surface area contributed by atoms with Gasteiger partial charge in [-0.2, -0.15) is 0 Å². The Morgan fingerprint density at radius 2 is 1.65 bits per heavy atom. The number of hydrogen-bond acceptors (Lipinski definition) is 3. The van der Waals surface area contributed by atoms with Crippen molar-refractivity contribution in [1.82, 2.24) is 4.72 Å². The molecule has 1 aromatic rings. The van der Waals surface area contributed by atoms with Crippen molar-refractivity contribution in [2.45, 2.75) is 37.1 Å². The van der Waals surface area contributed by atoms with E-state index in [0.29, 0.717) is 12.8 Å². The fourth-order valence-electron chi connectivity index (χ4n) is 1.80. The van der Waals surface area contributed by atoms with E-state index in [1.54, 1.807) is 13.8 Å². The molecule has 0 bridgehead atoms. The van der Waals surface area contributed by atoms with Gasteiger partial charge < -0.3 is 5.73 Å². The van der Waals surface area contributed by atoms with Crippen molar-refractivity contribution in [2.75, 3.05) is 6.54 Å². The second kappa shape index (κ2) is 7.31. The molecule has 0 aliphatic heterocycles. The highest BCUT2D eigenvalue weighted by Gasteiger charge is 2.33. The van der Waals surface area contributed by atoms with E-state index in [1.165, 1.54) is 0 Å². The lowest BCUT2D eigenvalue weighted by Crippen LogP contribution is -2.53. The molecular formula is C12H19ClF2N2O2S. The maximum absolute atomic E-state index is 13.5. The molecule has 1 aromatic carbocycles. The number of nitrogens with one attached hydrogen (secondary N) is 1. The largest absolute Gasteiger partial charge is 0.329 e. The number of nitrogens with two attached hydrogens (primary N) is 1. The first-order valence-electron chi connectivity index (χ1n) is 6.00. The summed E-state index contributed by atoms with van der Waals surface area (Å²) in [5, 5.41) is 0. The van der Waals surface area contributed by atoms with Crippen LogP contribution in [0.2, 0.25) is 0 Å². The number of rotatable bonds is 6. The average Bonchev–Trinajstić information content (AvgIpc) is 2.35. The first kappa shape index (κ1) is 19.2. The standard InChI is InChI=1S/C12H18F2N2O2S.ClH/c1-3-12(4-2,8-15)16-19(17,18)11-9(13)6-5-7-10(11)14;/h5-7,16H,3-4,8,15H2,1-2H3;1H. The first-order chi connectivity index (χ1) is 8.82. The molecule has 0 amide bonds. The van der Waals surface area contributed by atoms with Crippen LogP contribution in [0.1, 0.15) is 26.7 Å². The van der Waals surface area contributed by atoms with Gasteiger partial charge in [-0.25, -0.2) is 21.9 Å². The van der Waals surface area contributed by atoms with Gasteiger partial charge in [0.25, 0.3) is 0 Å². The van der Waals surface area contributed by atoms with Crippen molar-refractivity contribution in [3.05, 3.63) is 29.8 Å². The lowest BCUT2D eigenvalue weighted by Gasteiger charge is -2.31. The number of sulfonamides is 1. The van der Waals surface area contributed by atoms with Gasteiger partial charge in [0.2, 0.25) is 10.0 Å². The molecular weight excluding hydrogens is 310 g/mol. The second-order valence-corrected chi connectivity index (χ2v) is 5.97. The minimum atomic E-state index is -4.30. The van der Waals surface area contributed by atoms with E-state index in [0.717, 1.165) is 18.2 Å². The second-order valence-electron chi connectivity index (χ2n) is 4.35. The van der Waals surface area contributed by atoms with Crippen molar-refractivity contribution >= 4 is 22.4 Å². The summed E-state index contributed by atoms with van der Waals surface area (Å²) in [5.74, 6) is -2.24. The van der Waals surface area contributed by atoms with Crippen LogP contribution < -0.4 is 10.5 Å². The van der Waals surface area contributed by atoms with Gasteiger partial charge in [0.1, 0.15) is 11.6 Å². The third kappa shape index (κ3) is 3.88. The van der Waals surface area contributed by atoms with Gasteiger partial charge in [0.15, 0.2) is 4.90 Å². The van der Waals surface area contributed by atoms with Crippen LogP contribution in [0.3, 0.4) is 0 Å². The minimum absolute atomic E-state index is 0. The van der Waals surface area contributed by atoms with Gasteiger partial charge in [-0.15, -0.1) is 12.4 Å². The topological polar surface area (TPSA) is 72.2 Å². The fourth-order valence-corrected chi connectivity index (χ4v) is 3.49. The monoisotopic (exact) mass is 328 g/mol. The molecule has 0 fully saturated rings. The summed E-state index contributed by atoms with van der Waals surface area (Å²) in [4.78, 5) is -0.963. The molecule has 0 saturated carbocycles. The Morgan fingerprint density at radius 1 is 1.20 bits per heavy atom. The van der Waals surface area contributed by atoms with Crippen LogP contribution in [-0.2, 0) is 10.0 Å². The summed E-state index contributed by atoms with van der Waals surface area (Å²) < 4.78 is 53.6. The SMILES string of the molecule is CCC(CC)(CN)NS(=O)(=O)c1c(F)cccc1F.Cl. The Hall–Kier alpha value is -0.760. The molecule has 8 heteroatoms. The van der Waals surface area contributed by atoms with Crippen LogP contribution in [0.5, 0.6) is 0 Å². The number of hydrogen-bond donors (Lipinski definition) is 2. The van der Waals surface area contributed by atoms with Crippen molar-refractivity contribution in [3.63, 3.8) is 0 Å². The van der Waals surface area contributed by atoms with Crippen molar-refractivity contribution in [3.8, 4) is 0 Å². The van der Waals surface area contributed by atoms with Gasteiger partial charge in [-0.05, 0) is 25.0 Å². The lowest BCUT2D eigenvalue weighted by molar-refractivity contribution is 0.361. The quantitative estimate of drug-likeness (QED) is 0.840. The molecule has 0 aliphatic carbocycles. The molecule has 0 radical (unpaired) electrons. The molecule has 1 rings (SSSR count). The Labute approximate surface area is 124 Å². The summed E-state index contributed by atoms with van der Waals surface area (Å²) in [6.45, 7) is 3.57. The van der Waals surface area contributed by atoms with Crippen LogP contribution in [-0.4, -0.2) is 20.5 Å². The molecule has 4 nitrogen and oxygen atoms in total. The minimum Gasteiger partial charge on any atom is -0.329 e. The summed E-state index contributed by atoms with van der Waals surface area (Å²) in [6, 6.07) is 2.92.